The summed E-state index contributed by atoms with van der Waals surface area (Å²) in [7, 11) is -4.46. The van der Waals surface area contributed by atoms with Crippen LogP contribution in [-0.4, -0.2) is 26.2 Å². The lowest BCUT2D eigenvalue weighted by atomic mass is 10.2. The first kappa shape index (κ1) is 15.9. The molecule has 1 rings (SSSR count). The fourth-order valence-electron chi connectivity index (χ4n) is 1.17. The molecule has 0 saturated carbocycles. The zero-order valence-corrected chi connectivity index (χ0v) is 11.1. The summed E-state index contributed by atoms with van der Waals surface area (Å²) in [6.45, 7) is -0.259. The Kier molecular flexibility index (Phi) is 4.54. The molecule has 0 spiro atoms. The molecule has 1 aromatic carbocycles. The van der Waals surface area contributed by atoms with E-state index in [1.807, 2.05) is 0 Å². The Morgan fingerprint density at radius 3 is 2.47 bits per heavy atom. The van der Waals surface area contributed by atoms with Crippen molar-refractivity contribution in [3.05, 3.63) is 22.7 Å². The van der Waals surface area contributed by atoms with Gasteiger partial charge in [0.2, 0.25) is 0 Å². The van der Waals surface area contributed by atoms with Gasteiger partial charge in [0.05, 0.1) is 5.69 Å². The van der Waals surface area contributed by atoms with E-state index in [0.29, 0.717) is 0 Å². The van der Waals surface area contributed by atoms with Crippen LogP contribution >= 0.6 is 11.6 Å². The van der Waals surface area contributed by atoms with Gasteiger partial charge in [0.1, 0.15) is 12.3 Å². The van der Waals surface area contributed by atoms with E-state index in [4.69, 9.17) is 11.6 Å². The van der Waals surface area contributed by atoms with Crippen LogP contribution in [0, 0.1) is 6.92 Å². The van der Waals surface area contributed by atoms with Gasteiger partial charge in [0.15, 0.2) is 0 Å². The molecule has 10 heteroatoms. The van der Waals surface area contributed by atoms with E-state index >= 15 is 0 Å². The molecule has 0 radical (unpaired) electrons. The molecule has 0 unspecified atom stereocenters. The van der Waals surface area contributed by atoms with Gasteiger partial charge in [0, 0.05) is 5.02 Å². The Balaban J connectivity index is 2.90. The second kappa shape index (κ2) is 5.43. The highest BCUT2D eigenvalue weighted by Gasteiger charge is 2.29. The molecule has 0 aliphatic rings. The van der Waals surface area contributed by atoms with E-state index in [1.165, 1.54) is 17.7 Å². The topological polar surface area (TPSA) is 78.4 Å². The maximum atomic E-state index is 11.9. The minimum atomic E-state index is -4.68. The van der Waals surface area contributed by atoms with Gasteiger partial charge < -0.3 is 5.11 Å². The minimum absolute atomic E-state index is 0.129. The molecule has 1 aromatic rings. The zero-order valence-electron chi connectivity index (χ0n) is 9.55. The number of anilines is 1. The standard InChI is InChI=1S/C9H10ClF3N2O3S/c1-5-2-6(10)3-7(8(5)16)15-19(17,18)14-4-9(11,12)13/h2-3,14-16H,4H2,1H3. The molecule has 0 amide bonds. The lowest BCUT2D eigenvalue weighted by Gasteiger charge is -2.13. The smallest absolute Gasteiger partial charge is 0.402 e. The van der Waals surface area contributed by atoms with E-state index in [0.717, 1.165) is 6.07 Å². The van der Waals surface area contributed by atoms with Crippen LogP contribution in [0.2, 0.25) is 5.02 Å². The van der Waals surface area contributed by atoms with Crippen LogP contribution in [0.5, 0.6) is 5.75 Å². The Morgan fingerprint density at radius 1 is 1.37 bits per heavy atom. The summed E-state index contributed by atoms with van der Waals surface area (Å²) in [5, 5.41) is 9.71. The van der Waals surface area contributed by atoms with E-state index in [9.17, 15) is 26.7 Å². The number of phenols is 1. The monoisotopic (exact) mass is 318 g/mol. The highest BCUT2D eigenvalue weighted by atomic mass is 35.5. The molecule has 108 valence electrons. The van der Waals surface area contributed by atoms with Gasteiger partial charge in [-0.2, -0.15) is 26.3 Å². The molecule has 0 atom stereocenters. The molecule has 0 saturated heterocycles. The normalized spacial score (nSPS) is 12.5. The zero-order chi connectivity index (χ0) is 14.8. The highest BCUT2D eigenvalue weighted by Crippen LogP contribution is 2.31. The maximum absolute atomic E-state index is 11.9. The fourth-order valence-corrected chi connectivity index (χ4v) is 2.31. The predicted octanol–water partition coefficient (Wildman–Crippen LogP) is 2.16. The minimum Gasteiger partial charge on any atom is -0.505 e. The van der Waals surface area contributed by atoms with Gasteiger partial charge in [-0.25, -0.2) is 0 Å². The first-order valence-electron chi connectivity index (χ1n) is 4.83. The Bertz CT molecular complexity index is 575. The summed E-state index contributed by atoms with van der Waals surface area (Å²) >= 11 is 5.65. The van der Waals surface area contributed by atoms with Gasteiger partial charge in [0.25, 0.3) is 10.2 Å². The highest BCUT2D eigenvalue weighted by molar-refractivity contribution is 7.90. The Labute approximate surface area is 112 Å². The van der Waals surface area contributed by atoms with E-state index < -0.39 is 28.7 Å². The summed E-state index contributed by atoms with van der Waals surface area (Å²) in [5.74, 6) is -0.415. The third kappa shape index (κ3) is 5.13. The molecular formula is C9H10ClF3N2O3S. The number of halogens is 4. The SMILES string of the molecule is Cc1cc(Cl)cc(NS(=O)(=O)NCC(F)(F)F)c1O. The number of rotatable bonds is 4. The van der Waals surface area contributed by atoms with Crippen molar-refractivity contribution in [3.8, 4) is 5.75 Å². The van der Waals surface area contributed by atoms with Crippen molar-refractivity contribution in [3.63, 3.8) is 0 Å². The van der Waals surface area contributed by atoms with Crippen LogP contribution in [0.3, 0.4) is 0 Å². The average molecular weight is 319 g/mol. The second-order valence-electron chi connectivity index (χ2n) is 3.66. The Hall–Kier alpha value is -1.19. The molecular weight excluding hydrogens is 309 g/mol. The lowest BCUT2D eigenvalue weighted by molar-refractivity contribution is -0.121. The molecule has 0 aliphatic carbocycles. The second-order valence-corrected chi connectivity index (χ2v) is 5.60. The largest absolute Gasteiger partial charge is 0.505 e. The van der Waals surface area contributed by atoms with E-state index in [2.05, 4.69) is 0 Å². The average Bonchev–Trinajstić information content (AvgIpc) is 2.21. The number of aryl methyl sites for hydroxylation is 1. The number of nitrogens with one attached hydrogen (secondary N) is 2. The molecule has 0 fully saturated rings. The number of aromatic hydroxyl groups is 1. The quantitative estimate of drug-likeness (QED) is 0.744. The number of phenolic OH excluding ortho intramolecular Hbond substituents is 1. The molecule has 3 N–H and O–H groups in total. The van der Waals surface area contributed by atoms with Crippen LogP contribution < -0.4 is 9.44 Å². The van der Waals surface area contributed by atoms with Crippen molar-refractivity contribution < 1.29 is 26.7 Å². The van der Waals surface area contributed by atoms with Crippen molar-refractivity contribution in [1.29, 1.82) is 0 Å². The number of alkyl halides is 3. The van der Waals surface area contributed by atoms with Crippen LogP contribution in [0.15, 0.2) is 12.1 Å². The van der Waals surface area contributed by atoms with Gasteiger partial charge in [-0.15, -0.1) is 0 Å². The van der Waals surface area contributed by atoms with Crippen molar-refractivity contribution in [2.24, 2.45) is 0 Å². The summed E-state index contributed by atoms with van der Waals surface area (Å²) in [6.07, 6.45) is -4.68. The van der Waals surface area contributed by atoms with Crippen molar-refractivity contribution >= 4 is 27.5 Å². The van der Waals surface area contributed by atoms with E-state index in [1.54, 1.807) is 4.72 Å². The number of hydrogen-bond donors (Lipinski definition) is 3. The summed E-state index contributed by atoms with van der Waals surface area (Å²) < 4.78 is 61.5. The first-order chi connectivity index (χ1) is 8.50. The summed E-state index contributed by atoms with van der Waals surface area (Å²) in [4.78, 5) is 0. The van der Waals surface area contributed by atoms with Crippen LogP contribution in [0.4, 0.5) is 18.9 Å². The predicted molar refractivity (Wildman–Crippen MR) is 64.5 cm³/mol. The van der Waals surface area contributed by atoms with Gasteiger partial charge in [-0.05, 0) is 24.6 Å². The Morgan fingerprint density at radius 2 is 1.95 bits per heavy atom. The molecule has 5 nitrogen and oxygen atoms in total. The molecule has 0 heterocycles. The van der Waals surface area contributed by atoms with Gasteiger partial charge in [-0.1, -0.05) is 11.6 Å². The molecule has 19 heavy (non-hydrogen) atoms. The lowest BCUT2D eigenvalue weighted by Crippen LogP contribution is -2.37. The summed E-state index contributed by atoms with van der Waals surface area (Å²) in [6, 6.07) is 2.45. The molecule has 0 aliphatic heterocycles. The number of benzene rings is 1. The van der Waals surface area contributed by atoms with Crippen molar-refractivity contribution in [2.45, 2.75) is 13.1 Å². The van der Waals surface area contributed by atoms with Gasteiger partial charge in [-0.3, -0.25) is 4.72 Å². The third-order valence-electron chi connectivity index (χ3n) is 1.97. The molecule has 0 aromatic heterocycles. The van der Waals surface area contributed by atoms with Crippen LogP contribution in [0.25, 0.3) is 0 Å². The van der Waals surface area contributed by atoms with E-state index in [-0.39, 0.29) is 16.3 Å². The fraction of sp³-hybridized carbons (Fsp3) is 0.333. The first-order valence-corrected chi connectivity index (χ1v) is 6.69. The van der Waals surface area contributed by atoms with Crippen molar-refractivity contribution in [1.82, 2.24) is 4.72 Å². The number of hydrogen-bond acceptors (Lipinski definition) is 3. The maximum Gasteiger partial charge on any atom is 0.402 e. The van der Waals surface area contributed by atoms with Crippen LogP contribution in [0.1, 0.15) is 5.56 Å². The van der Waals surface area contributed by atoms with Crippen molar-refractivity contribution in [2.75, 3.05) is 11.3 Å². The van der Waals surface area contributed by atoms with Crippen LogP contribution in [-0.2, 0) is 10.2 Å². The summed E-state index contributed by atoms with van der Waals surface area (Å²) in [5.41, 5.74) is -0.0271. The third-order valence-corrected chi connectivity index (χ3v) is 3.20. The molecule has 0 bridgehead atoms. The van der Waals surface area contributed by atoms with Gasteiger partial charge >= 0.3 is 6.18 Å².